The summed E-state index contributed by atoms with van der Waals surface area (Å²) in [6, 6.07) is 26.0. The molecule has 2 unspecified atom stereocenters. The number of nitro benzene ring substituents is 1. The maximum absolute atomic E-state index is 14.2. The topological polar surface area (TPSA) is 119 Å². The van der Waals surface area contributed by atoms with Crippen LogP contribution in [-0.2, 0) is 17.7 Å². The van der Waals surface area contributed by atoms with Gasteiger partial charge in [0.05, 0.1) is 4.92 Å². The van der Waals surface area contributed by atoms with Gasteiger partial charge in [-0.1, -0.05) is 80.6 Å². The molecule has 0 saturated carbocycles. The number of carbonyl (C=O) groups excluding carboxylic acids is 2. The highest BCUT2D eigenvalue weighted by molar-refractivity contribution is 6.15. The smallest absolute Gasteiger partial charge is 0.280 e. The molecule has 4 aromatic carbocycles. The molecule has 1 amide bonds. The van der Waals surface area contributed by atoms with E-state index < -0.39 is 33.6 Å². The van der Waals surface area contributed by atoms with Gasteiger partial charge in [0.2, 0.25) is 11.3 Å². The predicted molar refractivity (Wildman–Crippen MR) is 147 cm³/mol. The molecule has 6 rings (SSSR count). The van der Waals surface area contributed by atoms with Crippen molar-refractivity contribution in [3.63, 3.8) is 0 Å². The summed E-state index contributed by atoms with van der Waals surface area (Å²) in [6.07, 6.45) is 0.684. The van der Waals surface area contributed by atoms with Crippen molar-refractivity contribution in [2.24, 2.45) is 0 Å². The number of aliphatic hydroxyl groups is 1. The number of hydrogen-bond donors (Lipinski definition) is 2. The number of amides is 1. The quantitative estimate of drug-likeness (QED) is 0.254. The Labute approximate surface area is 230 Å². The second-order valence-corrected chi connectivity index (χ2v) is 10.5. The van der Waals surface area contributed by atoms with Gasteiger partial charge in [-0.15, -0.1) is 0 Å². The molecule has 8 nitrogen and oxygen atoms in total. The van der Waals surface area contributed by atoms with Gasteiger partial charge >= 0.3 is 0 Å². The molecule has 0 saturated heterocycles. The Bertz CT molecular complexity index is 1680. The number of ketones is 1. The summed E-state index contributed by atoms with van der Waals surface area (Å²) in [6.45, 7) is 3.99. The minimum Gasteiger partial charge on any atom is -0.454 e. The molecule has 0 bridgehead atoms. The Kier molecular flexibility index (Phi) is 5.81. The number of fused-ring (bicyclic) bond motifs is 5. The third-order valence-electron chi connectivity index (χ3n) is 7.78. The Balaban J connectivity index is 1.43. The van der Waals surface area contributed by atoms with Crippen LogP contribution in [0.1, 0.15) is 68.3 Å². The SMILES string of the molecule is CC(C)c1ccc2c(c1)OC1(O)c3cccc([N+](=O)[O-])c3C(=O)C21NC(=O)c1ccc(Cc2ccccc2)cc1. The summed E-state index contributed by atoms with van der Waals surface area (Å²) in [5.74, 6) is -3.45. The summed E-state index contributed by atoms with van der Waals surface area (Å²) < 4.78 is 6.06. The average molecular weight is 535 g/mol. The molecular formula is C32H26N2O6. The minimum atomic E-state index is -2.38. The normalized spacial score (nSPS) is 20.4. The first-order valence-corrected chi connectivity index (χ1v) is 13.0. The van der Waals surface area contributed by atoms with E-state index in [1.165, 1.54) is 18.2 Å². The van der Waals surface area contributed by atoms with Crippen molar-refractivity contribution >= 4 is 17.4 Å². The van der Waals surface area contributed by atoms with E-state index in [4.69, 9.17) is 4.74 Å². The van der Waals surface area contributed by atoms with Crippen molar-refractivity contribution in [1.82, 2.24) is 5.32 Å². The summed E-state index contributed by atoms with van der Waals surface area (Å²) >= 11 is 0. The summed E-state index contributed by atoms with van der Waals surface area (Å²) in [5.41, 5.74) is 0.597. The molecule has 2 atom stereocenters. The van der Waals surface area contributed by atoms with Crippen LogP contribution in [0.15, 0.2) is 91.0 Å². The lowest BCUT2D eigenvalue weighted by atomic mass is 9.82. The molecular weight excluding hydrogens is 508 g/mol. The number of nitrogens with zero attached hydrogens (tertiary/aromatic N) is 1. The Morgan fingerprint density at radius 2 is 1.65 bits per heavy atom. The van der Waals surface area contributed by atoms with Crippen molar-refractivity contribution < 1.29 is 24.4 Å². The van der Waals surface area contributed by atoms with E-state index in [0.29, 0.717) is 6.42 Å². The zero-order chi connectivity index (χ0) is 28.2. The fraction of sp³-hybridized carbons (Fsp3) is 0.188. The van der Waals surface area contributed by atoms with Gasteiger partial charge in [-0.05, 0) is 47.2 Å². The van der Waals surface area contributed by atoms with Crippen LogP contribution in [0.3, 0.4) is 0 Å². The third kappa shape index (κ3) is 3.64. The van der Waals surface area contributed by atoms with Crippen LogP contribution in [0, 0.1) is 10.1 Å². The van der Waals surface area contributed by atoms with E-state index in [2.05, 4.69) is 5.32 Å². The molecule has 0 fully saturated rings. The van der Waals surface area contributed by atoms with Crippen molar-refractivity contribution in [1.29, 1.82) is 0 Å². The van der Waals surface area contributed by atoms with Crippen LogP contribution in [0.2, 0.25) is 0 Å². The summed E-state index contributed by atoms with van der Waals surface area (Å²) in [4.78, 5) is 39.0. The molecule has 40 heavy (non-hydrogen) atoms. The average Bonchev–Trinajstić information content (AvgIpc) is 3.30. The number of hydrogen-bond acceptors (Lipinski definition) is 6. The number of ether oxygens (including phenoxy) is 1. The first kappa shape index (κ1) is 25.5. The van der Waals surface area contributed by atoms with Gasteiger partial charge < -0.3 is 15.2 Å². The van der Waals surface area contributed by atoms with Crippen LogP contribution in [-0.4, -0.2) is 21.7 Å². The number of rotatable bonds is 6. The molecule has 0 radical (unpaired) electrons. The van der Waals surface area contributed by atoms with Gasteiger partial charge in [0.15, 0.2) is 0 Å². The number of carbonyl (C=O) groups is 2. The van der Waals surface area contributed by atoms with Crippen molar-refractivity contribution in [3.8, 4) is 5.75 Å². The van der Waals surface area contributed by atoms with Crippen LogP contribution < -0.4 is 10.1 Å². The van der Waals surface area contributed by atoms with E-state index in [1.54, 1.807) is 30.3 Å². The molecule has 0 spiro atoms. The zero-order valence-electron chi connectivity index (χ0n) is 21.9. The lowest BCUT2D eigenvalue weighted by Crippen LogP contribution is -2.60. The standard InChI is InChI=1S/C32H26N2O6/c1-19(2)23-15-16-24-27(18-23)40-32(37)25-9-6-10-26(34(38)39)28(25)29(35)31(24,32)33-30(36)22-13-11-21(12-14-22)17-20-7-4-3-5-8-20/h3-16,18-19,37H,17H2,1-2H3,(H,33,36). The van der Waals surface area contributed by atoms with Crippen molar-refractivity contribution in [3.05, 3.63) is 140 Å². The largest absolute Gasteiger partial charge is 0.454 e. The van der Waals surface area contributed by atoms with Gasteiger partial charge in [0.25, 0.3) is 17.4 Å². The zero-order valence-corrected chi connectivity index (χ0v) is 21.9. The van der Waals surface area contributed by atoms with Crippen LogP contribution >= 0.6 is 0 Å². The Morgan fingerprint density at radius 1 is 0.950 bits per heavy atom. The molecule has 1 aliphatic heterocycles. The maximum Gasteiger partial charge on any atom is 0.280 e. The monoisotopic (exact) mass is 534 g/mol. The number of nitro groups is 1. The first-order chi connectivity index (χ1) is 19.2. The fourth-order valence-corrected chi connectivity index (χ4v) is 5.70. The lowest BCUT2D eigenvalue weighted by Gasteiger charge is -2.34. The van der Waals surface area contributed by atoms with Gasteiger partial charge in [-0.2, -0.15) is 0 Å². The minimum absolute atomic E-state index is 0.0625. The lowest BCUT2D eigenvalue weighted by molar-refractivity contribution is -0.385. The number of Topliss-reactive ketones (excluding diaryl/α,β-unsaturated/α-hetero) is 1. The molecule has 1 aliphatic carbocycles. The van der Waals surface area contributed by atoms with Gasteiger partial charge in [-0.3, -0.25) is 19.7 Å². The number of benzene rings is 4. The van der Waals surface area contributed by atoms with E-state index >= 15 is 0 Å². The second-order valence-electron chi connectivity index (χ2n) is 10.5. The Morgan fingerprint density at radius 3 is 2.33 bits per heavy atom. The first-order valence-electron chi connectivity index (χ1n) is 13.0. The third-order valence-corrected chi connectivity index (χ3v) is 7.78. The molecule has 1 heterocycles. The second kappa shape index (κ2) is 9.14. The van der Waals surface area contributed by atoms with E-state index in [9.17, 15) is 24.8 Å². The van der Waals surface area contributed by atoms with Gasteiger partial charge in [0, 0.05) is 22.8 Å². The summed E-state index contributed by atoms with van der Waals surface area (Å²) in [5, 5.41) is 26.7. The van der Waals surface area contributed by atoms with Crippen LogP contribution in [0.4, 0.5) is 5.69 Å². The molecule has 4 aromatic rings. The van der Waals surface area contributed by atoms with Gasteiger partial charge in [0.1, 0.15) is 11.3 Å². The maximum atomic E-state index is 14.2. The highest BCUT2D eigenvalue weighted by Crippen LogP contribution is 2.59. The van der Waals surface area contributed by atoms with Crippen molar-refractivity contribution in [2.75, 3.05) is 0 Å². The molecule has 200 valence electrons. The molecule has 2 N–H and O–H groups in total. The summed E-state index contributed by atoms with van der Waals surface area (Å²) in [7, 11) is 0. The Hall–Kier alpha value is -4.82. The van der Waals surface area contributed by atoms with Crippen molar-refractivity contribution in [2.45, 2.75) is 37.5 Å². The van der Waals surface area contributed by atoms with E-state index in [-0.39, 0.29) is 33.9 Å². The molecule has 8 heteroatoms. The van der Waals surface area contributed by atoms with Crippen LogP contribution in [0.5, 0.6) is 5.75 Å². The molecule has 2 aliphatic rings. The fourth-order valence-electron chi connectivity index (χ4n) is 5.70. The van der Waals surface area contributed by atoms with E-state index in [1.807, 2.05) is 56.3 Å². The van der Waals surface area contributed by atoms with Crippen LogP contribution in [0.25, 0.3) is 0 Å². The number of nitrogens with one attached hydrogen (secondary N) is 1. The predicted octanol–water partition coefficient (Wildman–Crippen LogP) is 5.37. The van der Waals surface area contributed by atoms with E-state index in [0.717, 1.165) is 16.7 Å². The van der Waals surface area contributed by atoms with Gasteiger partial charge in [-0.25, -0.2) is 0 Å². The highest BCUT2D eigenvalue weighted by atomic mass is 16.6. The molecule has 0 aromatic heterocycles. The highest BCUT2D eigenvalue weighted by Gasteiger charge is 2.73.